The lowest BCUT2D eigenvalue weighted by Gasteiger charge is -2.57. The lowest BCUT2D eigenvalue weighted by Crippen LogP contribution is -2.65. The van der Waals surface area contributed by atoms with Gasteiger partial charge in [-0.05, 0) is 70.7 Å². The van der Waals surface area contributed by atoms with Crippen molar-refractivity contribution < 1.29 is 27.8 Å². The predicted molar refractivity (Wildman–Crippen MR) is 213 cm³/mol. The van der Waals surface area contributed by atoms with E-state index in [2.05, 4.69) is 20.3 Å². The summed E-state index contributed by atoms with van der Waals surface area (Å²) in [6.45, 7) is 6.84. The molecular formula is C41H43F3N12O3. The highest BCUT2D eigenvalue weighted by Gasteiger charge is 2.51. The topological polar surface area (TPSA) is 155 Å². The van der Waals surface area contributed by atoms with Gasteiger partial charge in [-0.25, -0.2) is 32.8 Å². The number of hydrogen-bond donors (Lipinski definition) is 2. The van der Waals surface area contributed by atoms with Crippen molar-refractivity contribution in [1.82, 2.24) is 44.2 Å². The Morgan fingerprint density at radius 2 is 1.80 bits per heavy atom. The van der Waals surface area contributed by atoms with E-state index in [4.69, 9.17) is 24.7 Å². The molecule has 1 saturated carbocycles. The second kappa shape index (κ2) is 13.9. The third-order valence-electron chi connectivity index (χ3n) is 12.2. The first-order chi connectivity index (χ1) is 28.3. The number of aryl methyl sites for hydroxylation is 1. The van der Waals surface area contributed by atoms with Gasteiger partial charge in [0.1, 0.15) is 35.0 Å². The number of carbonyl (C=O) groups excluding carboxylic acids is 1. The number of likely N-dealkylation sites (N-methyl/N-ethyl adjacent to an activating group) is 1. The number of nitrogens with zero attached hydrogens (tertiary/aromatic N) is 11. The van der Waals surface area contributed by atoms with Crippen LogP contribution in [0.3, 0.4) is 0 Å². The molecule has 6 aromatic rings. The summed E-state index contributed by atoms with van der Waals surface area (Å²) in [6.07, 6.45) is 4.94. The average Bonchev–Trinajstić information content (AvgIpc) is 3.88. The highest BCUT2D eigenvalue weighted by molar-refractivity contribution is 5.94. The normalized spacial score (nSPS) is 25.6. The van der Waals surface area contributed by atoms with Gasteiger partial charge in [-0.2, -0.15) is 15.1 Å². The highest BCUT2D eigenvalue weighted by Crippen LogP contribution is 2.46. The van der Waals surface area contributed by atoms with Crippen molar-refractivity contribution in [2.75, 3.05) is 41.9 Å². The molecule has 3 fully saturated rings. The maximum Gasteiger partial charge on any atom is 0.245 e. The molecule has 306 valence electrons. The smallest absolute Gasteiger partial charge is 0.245 e. The Balaban J connectivity index is 1.10. The summed E-state index contributed by atoms with van der Waals surface area (Å²) in [5.74, 6) is -0.423. The fourth-order valence-electron chi connectivity index (χ4n) is 9.73. The Bertz CT molecular complexity index is 2640. The van der Waals surface area contributed by atoms with Crippen molar-refractivity contribution in [2.24, 2.45) is 0 Å². The molecule has 0 spiro atoms. The van der Waals surface area contributed by atoms with E-state index in [1.54, 1.807) is 30.4 Å². The van der Waals surface area contributed by atoms with Crippen LogP contribution >= 0.6 is 0 Å². The zero-order valence-corrected chi connectivity index (χ0v) is 33.0. The van der Waals surface area contributed by atoms with Crippen molar-refractivity contribution in [1.29, 1.82) is 0 Å². The average molecular weight is 809 g/mol. The van der Waals surface area contributed by atoms with Crippen LogP contribution in [0.15, 0.2) is 48.8 Å². The number of fused-ring (bicyclic) bond motifs is 8. The molecular weight excluding hydrogens is 766 g/mol. The van der Waals surface area contributed by atoms with Gasteiger partial charge < -0.3 is 34.4 Å². The summed E-state index contributed by atoms with van der Waals surface area (Å²) in [4.78, 5) is 44.8. The maximum absolute atomic E-state index is 15.4. The molecule has 2 saturated heterocycles. The summed E-state index contributed by atoms with van der Waals surface area (Å²) in [5.41, 5.74) is 1.69. The SMILES string of the molecule is CCOC1CN(C)C(=O)[C@@H]2CC(CN2c2nc(N3C4CC3CC(C)(O)C4)nc3c2cnn3-c2ccc(F)cc2F)Nc2nccc(n2)-c2cc(F)cc3nc(C)n(c23)C1. The van der Waals surface area contributed by atoms with Crippen LogP contribution in [0, 0.1) is 24.4 Å². The first-order valence-corrected chi connectivity index (χ1v) is 20.0. The number of benzene rings is 2. The molecule has 0 radical (unpaired) electrons. The van der Waals surface area contributed by atoms with Crippen molar-refractivity contribution >= 4 is 45.7 Å². The molecule has 59 heavy (non-hydrogen) atoms. The van der Waals surface area contributed by atoms with Crippen LogP contribution in [0.1, 0.15) is 45.4 Å². The second-order valence-electron chi connectivity index (χ2n) is 16.5. The van der Waals surface area contributed by atoms with Crippen molar-refractivity contribution in [2.45, 2.75) is 88.9 Å². The maximum atomic E-state index is 15.4. The molecule has 4 aromatic heterocycles. The third kappa shape index (κ3) is 6.39. The summed E-state index contributed by atoms with van der Waals surface area (Å²) in [6, 6.07) is 6.70. The monoisotopic (exact) mass is 808 g/mol. The molecule has 6 bridgehead atoms. The van der Waals surface area contributed by atoms with E-state index in [0.29, 0.717) is 83.6 Å². The van der Waals surface area contributed by atoms with E-state index in [-0.39, 0.29) is 48.5 Å². The van der Waals surface area contributed by atoms with Gasteiger partial charge in [0.25, 0.3) is 0 Å². The minimum Gasteiger partial charge on any atom is -0.390 e. The fourth-order valence-corrected chi connectivity index (χ4v) is 9.73. The molecule has 15 nitrogen and oxygen atoms in total. The number of amides is 1. The molecule has 1 aliphatic carbocycles. The highest BCUT2D eigenvalue weighted by atomic mass is 19.1. The molecule has 2 N–H and O–H groups in total. The van der Waals surface area contributed by atoms with Crippen LogP contribution in [-0.4, -0.2) is 118 Å². The molecule has 10 rings (SSSR count). The van der Waals surface area contributed by atoms with Gasteiger partial charge in [-0.1, -0.05) is 0 Å². The van der Waals surface area contributed by atoms with Crippen molar-refractivity contribution in [3.05, 3.63) is 72.1 Å². The van der Waals surface area contributed by atoms with Crippen LogP contribution in [0.25, 0.3) is 39.0 Å². The number of hydrogen-bond acceptors (Lipinski definition) is 12. The zero-order chi connectivity index (χ0) is 40.9. The molecule has 2 aromatic carbocycles. The minimum absolute atomic E-state index is 0.00404. The zero-order valence-electron chi connectivity index (χ0n) is 33.0. The van der Waals surface area contributed by atoms with Gasteiger partial charge in [0.15, 0.2) is 11.5 Å². The van der Waals surface area contributed by atoms with Crippen molar-refractivity contribution in [3.63, 3.8) is 0 Å². The Morgan fingerprint density at radius 3 is 2.58 bits per heavy atom. The van der Waals surface area contributed by atoms with Gasteiger partial charge in [0.05, 0.1) is 46.6 Å². The number of nitrogens with one attached hydrogen (secondary N) is 1. The summed E-state index contributed by atoms with van der Waals surface area (Å²) < 4.78 is 54.2. The number of ether oxygens (including phenoxy) is 1. The van der Waals surface area contributed by atoms with Crippen LogP contribution in [0.5, 0.6) is 0 Å². The number of aliphatic hydroxyl groups is 1. The van der Waals surface area contributed by atoms with Crippen LogP contribution in [0.2, 0.25) is 0 Å². The van der Waals surface area contributed by atoms with E-state index in [9.17, 15) is 14.3 Å². The number of carbonyl (C=O) groups is 1. The molecule has 4 unspecified atom stereocenters. The van der Waals surface area contributed by atoms with Gasteiger partial charge in [-0.3, -0.25) is 4.79 Å². The molecule has 7 heterocycles. The predicted octanol–water partition coefficient (Wildman–Crippen LogP) is 4.78. The van der Waals surface area contributed by atoms with Crippen LogP contribution in [-0.2, 0) is 16.1 Å². The number of piperidine rings is 1. The van der Waals surface area contributed by atoms with E-state index in [1.165, 1.54) is 22.9 Å². The second-order valence-corrected chi connectivity index (χ2v) is 16.5. The number of halogens is 3. The molecule has 4 aliphatic rings. The lowest BCUT2D eigenvalue weighted by molar-refractivity contribution is -0.133. The van der Waals surface area contributed by atoms with Gasteiger partial charge in [0, 0.05) is 68.8 Å². The first-order valence-electron chi connectivity index (χ1n) is 20.0. The molecule has 1 amide bonds. The quantitative estimate of drug-likeness (QED) is 0.247. The first kappa shape index (κ1) is 37.4. The number of imidazole rings is 1. The molecule has 18 heteroatoms. The molecule has 5 atom stereocenters. The number of aromatic nitrogens is 8. The van der Waals surface area contributed by atoms with Gasteiger partial charge in [0.2, 0.25) is 17.8 Å². The van der Waals surface area contributed by atoms with Crippen LogP contribution in [0.4, 0.5) is 30.9 Å². The minimum atomic E-state index is -0.829. The summed E-state index contributed by atoms with van der Waals surface area (Å²) in [7, 11) is 1.75. The van der Waals surface area contributed by atoms with E-state index in [0.717, 1.165) is 18.6 Å². The van der Waals surface area contributed by atoms with E-state index >= 15 is 8.78 Å². The Labute approximate surface area is 336 Å². The van der Waals surface area contributed by atoms with E-state index < -0.39 is 35.2 Å². The lowest BCUT2D eigenvalue weighted by atomic mass is 9.72. The Morgan fingerprint density at radius 1 is 0.983 bits per heavy atom. The summed E-state index contributed by atoms with van der Waals surface area (Å²) >= 11 is 0. The fraction of sp³-hybridized carbons (Fsp3) is 0.439. The Kier molecular flexibility index (Phi) is 8.79. The van der Waals surface area contributed by atoms with Gasteiger partial charge >= 0.3 is 0 Å². The van der Waals surface area contributed by atoms with E-state index in [1.807, 2.05) is 30.2 Å². The number of rotatable bonds is 5. The Hall–Kier alpha value is -5.88. The molecule has 3 aliphatic heterocycles. The van der Waals surface area contributed by atoms with Gasteiger partial charge in [-0.15, -0.1) is 0 Å². The third-order valence-corrected chi connectivity index (χ3v) is 12.2. The van der Waals surface area contributed by atoms with Crippen molar-refractivity contribution in [3.8, 4) is 16.9 Å². The number of anilines is 3. The summed E-state index contributed by atoms with van der Waals surface area (Å²) in [5, 5.41) is 19.4. The largest absolute Gasteiger partial charge is 0.390 e. The standard InChI is InChI=1S/C41H43F3N12O3/c1-5-59-27-19-52(4)38(57)34-13-24(48-39-45-9-8-31(49-39)28-10-23(43)12-32-35(28)53(20-27)21(2)47-32)18-54(34)36-29-17-46-56(33-7-6-22(42)11-30(33)44)37(29)51-40(50-36)55-25-14-26(55)16-41(3,58)15-25/h6-12,17,24-27,34,58H,5,13-16,18-20H2,1-4H3,(H,45,48,49)/t24?,25?,26?,27?,34-,41?/m0/s1. The van der Waals surface area contributed by atoms with Crippen LogP contribution < -0.4 is 15.1 Å².